The van der Waals surface area contributed by atoms with E-state index in [1.165, 1.54) is 24.3 Å². The number of fused-ring (bicyclic) bond motifs is 1. The normalized spacial score (nSPS) is 18.4. The van der Waals surface area contributed by atoms with Crippen molar-refractivity contribution in [1.82, 2.24) is 19.7 Å². The average Bonchev–Trinajstić information content (AvgIpc) is 3.56. The van der Waals surface area contributed by atoms with Crippen molar-refractivity contribution in [3.63, 3.8) is 0 Å². The number of carbonyl (C=O) groups is 1. The van der Waals surface area contributed by atoms with Gasteiger partial charge >= 0.3 is 6.18 Å². The van der Waals surface area contributed by atoms with Gasteiger partial charge in [-0.2, -0.15) is 18.4 Å². The summed E-state index contributed by atoms with van der Waals surface area (Å²) in [6.07, 6.45) is -3.73. The molecule has 1 fully saturated rings. The first kappa shape index (κ1) is 31.1. The molecule has 2 aliphatic rings. The molecule has 15 heteroatoms. The van der Waals surface area contributed by atoms with Crippen LogP contribution in [0.4, 0.5) is 18.9 Å². The monoisotopic (exact) mass is 631 g/mol. The number of nitriles is 1. The van der Waals surface area contributed by atoms with Gasteiger partial charge in [-0.15, -0.1) is 0 Å². The van der Waals surface area contributed by atoms with E-state index < -0.39 is 39.5 Å². The van der Waals surface area contributed by atoms with Crippen LogP contribution < -0.4 is 25.1 Å². The maximum Gasteiger partial charge on any atom is 0.417 e. The fraction of sp³-hybridized carbons (Fsp3) is 0.414. The number of rotatable bonds is 9. The van der Waals surface area contributed by atoms with E-state index >= 15 is 0 Å². The summed E-state index contributed by atoms with van der Waals surface area (Å²) in [5.41, 5.74) is 3.32. The number of halogens is 3. The molecule has 2 aromatic carbocycles. The number of nitrogens with one attached hydrogen (secondary N) is 3. The van der Waals surface area contributed by atoms with Crippen molar-refractivity contribution < 1.29 is 31.1 Å². The number of aromatic nitrogens is 2. The number of imidazole rings is 1. The molecule has 2 aliphatic heterocycles. The van der Waals surface area contributed by atoms with Crippen LogP contribution in [0.1, 0.15) is 71.6 Å². The van der Waals surface area contributed by atoms with E-state index in [0.717, 1.165) is 18.6 Å². The van der Waals surface area contributed by atoms with Crippen molar-refractivity contribution in [1.29, 1.82) is 5.26 Å². The molecule has 44 heavy (non-hydrogen) atoms. The van der Waals surface area contributed by atoms with Crippen molar-refractivity contribution in [2.45, 2.75) is 63.3 Å². The molecule has 0 saturated carbocycles. The van der Waals surface area contributed by atoms with Crippen LogP contribution in [0, 0.1) is 18.3 Å². The van der Waals surface area contributed by atoms with Crippen LogP contribution in [0.2, 0.25) is 0 Å². The molecule has 0 radical (unpaired) electrons. The number of nitrogens with zero attached hydrogens (tertiary/aromatic N) is 4. The van der Waals surface area contributed by atoms with Gasteiger partial charge in [0.05, 0.1) is 34.4 Å². The predicted molar refractivity (Wildman–Crippen MR) is 155 cm³/mol. The van der Waals surface area contributed by atoms with E-state index in [2.05, 4.69) is 20.4 Å². The summed E-state index contributed by atoms with van der Waals surface area (Å²) >= 11 is 0. The third kappa shape index (κ3) is 6.04. The maximum absolute atomic E-state index is 13.5. The Morgan fingerprint density at radius 2 is 1.98 bits per heavy atom. The van der Waals surface area contributed by atoms with E-state index in [4.69, 9.17) is 10.00 Å². The Bertz CT molecular complexity index is 1730. The molecule has 234 valence electrons. The van der Waals surface area contributed by atoms with Crippen molar-refractivity contribution >= 4 is 21.6 Å². The Hall–Kier alpha value is -4.29. The number of ether oxygens (including phenoxy) is 1. The number of anilines is 1. The minimum Gasteiger partial charge on any atom is -0.493 e. The van der Waals surface area contributed by atoms with Crippen molar-refractivity contribution in [2.75, 3.05) is 30.0 Å². The number of hydrogen-bond donors (Lipinski definition) is 3. The van der Waals surface area contributed by atoms with Crippen LogP contribution in [0.15, 0.2) is 41.3 Å². The Morgan fingerprint density at radius 1 is 1.20 bits per heavy atom. The van der Waals surface area contributed by atoms with E-state index in [9.17, 15) is 26.4 Å². The number of aryl methyl sites for hydroxylation is 2. The summed E-state index contributed by atoms with van der Waals surface area (Å²) in [7, 11) is -4.09. The lowest BCUT2D eigenvalue weighted by atomic mass is 10.1. The third-order valence-electron chi connectivity index (χ3n) is 7.55. The first-order valence-corrected chi connectivity index (χ1v) is 15.7. The van der Waals surface area contributed by atoms with E-state index in [1.54, 1.807) is 29.5 Å². The second kappa shape index (κ2) is 12.0. The van der Waals surface area contributed by atoms with Crippen LogP contribution >= 0.6 is 0 Å². The molecule has 2 unspecified atom stereocenters. The SMILES string of the molecule is CCCc1nc(C)c2n1NC(c1cc(S(=O)(=O)NC3CCN(c4ccc(C#N)c(C(F)(F)F)c4)C3)ccc1OCC)NC2=O. The molecule has 1 amide bonds. The van der Waals surface area contributed by atoms with Crippen LogP contribution in [-0.2, 0) is 22.6 Å². The van der Waals surface area contributed by atoms with Gasteiger partial charge in [-0.3, -0.25) is 10.2 Å². The number of hydrogen-bond acceptors (Lipinski definition) is 8. The topological polar surface area (TPSA) is 141 Å². The highest BCUT2D eigenvalue weighted by Gasteiger charge is 2.36. The first-order chi connectivity index (χ1) is 20.9. The molecule has 3 N–H and O–H groups in total. The third-order valence-corrected chi connectivity index (χ3v) is 9.07. The molecule has 2 atom stereocenters. The van der Waals surface area contributed by atoms with Gasteiger partial charge in [0.1, 0.15) is 17.7 Å². The Kier molecular flexibility index (Phi) is 8.50. The predicted octanol–water partition coefficient (Wildman–Crippen LogP) is 3.98. The van der Waals surface area contributed by atoms with Gasteiger partial charge in [0.25, 0.3) is 5.91 Å². The molecule has 3 heterocycles. The second-order valence-electron chi connectivity index (χ2n) is 10.6. The van der Waals surface area contributed by atoms with Gasteiger partial charge in [0.2, 0.25) is 10.0 Å². The Labute approximate surface area is 253 Å². The molecular formula is C29H32F3N7O4S. The van der Waals surface area contributed by atoms with Gasteiger partial charge in [-0.1, -0.05) is 6.92 Å². The molecule has 5 rings (SSSR count). The fourth-order valence-electron chi connectivity index (χ4n) is 5.54. The molecular weight excluding hydrogens is 599 g/mol. The smallest absolute Gasteiger partial charge is 0.417 e. The highest BCUT2D eigenvalue weighted by Crippen LogP contribution is 2.36. The summed E-state index contributed by atoms with van der Waals surface area (Å²) in [6, 6.07) is 8.80. The van der Waals surface area contributed by atoms with Gasteiger partial charge in [-0.05, 0) is 63.1 Å². The highest BCUT2D eigenvalue weighted by atomic mass is 32.2. The lowest BCUT2D eigenvalue weighted by Crippen LogP contribution is -2.45. The van der Waals surface area contributed by atoms with Gasteiger partial charge in [-0.25, -0.2) is 22.8 Å². The molecule has 0 aliphatic carbocycles. The van der Waals surface area contributed by atoms with E-state index in [0.29, 0.717) is 54.5 Å². The number of carbonyl (C=O) groups excluding carboxylic acids is 1. The average molecular weight is 632 g/mol. The summed E-state index contributed by atoms with van der Waals surface area (Å²) in [4.78, 5) is 19.2. The van der Waals surface area contributed by atoms with Crippen molar-refractivity contribution in [3.05, 3.63) is 70.3 Å². The lowest BCUT2D eigenvalue weighted by molar-refractivity contribution is -0.137. The van der Waals surface area contributed by atoms with Gasteiger partial charge in [0.15, 0.2) is 5.69 Å². The van der Waals surface area contributed by atoms with Crippen molar-refractivity contribution in [2.24, 2.45) is 0 Å². The fourth-order valence-corrected chi connectivity index (χ4v) is 6.83. The Morgan fingerprint density at radius 3 is 2.66 bits per heavy atom. The summed E-state index contributed by atoms with van der Waals surface area (Å²) in [5.74, 6) is 0.700. The van der Waals surface area contributed by atoms with Crippen LogP contribution in [-0.4, -0.2) is 49.7 Å². The zero-order valence-electron chi connectivity index (χ0n) is 24.3. The lowest BCUT2D eigenvalue weighted by Gasteiger charge is -2.30. The van der Waals surface area contributed by atoms with Crippen LogP contribution in [0.3, 0.4) is 0 Å². The summed E-state index contributed by atoms with van der Waals surface area (Å²) < 4.78 is 77.6. The van der Waals surface area contributed by atoms with E-state index in [-0.39, 0.29) is 23.0 Å². The van der Waals surface area contributed by atoms with E-state index in [1.807, 2.05) is 6.92 Å². The van der Waals surface area contributed by atoms with Crippen molar-refractivity contribution in [3.8, 4) is 11.8 Å². The number of alkyl halides is 3. The van der Waals surface area contributed by atoms with Gasteiger partial charge < -0.3 is 15.0 Å². The minimum atomic E-state index is -4.70. The Balaban J connectivity index is 1.38. The van der Waals surface area contributed by atoms with Crippen LogP contribution in [0.5, 0.6) is 5.75 Å². The van der Waals surface area contributed by atoms with Gasteiger partial charge in [0, 0.05) is 36.8 Å². The number of amides is 1. The summed E-state index contributed by atoms with van der Waals surface area (Å²) in [5, 5.41) is 12.0. The van der Waals surface area contributed by atoms with Crippen LogP contribution in [0.25, 0.3) is 0 Å². The molecule has 11 nitrogen and oxygen atoms in total. The number of benzene rings is 2. The molecule has 3 aromatic rings. The largest absolute Gasteiger partial charge is 0.493 e. The molecule has 0 bridgehead atoms. The minimum absolute atomic E-state index is 0.0652. The molecule has 1 saturated heterocycles. The quantitative estimate of drug-likeness (QED) is 0.322. The zero-order valence-corrected chi connectivity index (χ0v) is 25.1. The molecule has 1 aromatic heterocycles. The second-order valence-corrected chi connectivity index (χ2v) is 12.3. The molecule has 0 spiro atoms. The maximum atomic E-state index is 13.5. The zero-order chi connectivity index (χ0) is 31.8. The number of sulfonamides is 1. The standard InChI is InChI=1S/C29H32F3N7O4S/c1-4-6-25-34-17(3)26-28(40)35-27(36-39(25)26)22-14-21(9-10-24(22)43-5-2)44(41,42)37-19-11-12-38(16-19)20-8-7-18(15-33)23(13-20)29(30,31)32/h7-10,13-14,19,27,36-37H,4-6,11-12,16H2,1-3H3,(H,35,40). The highest BCUT2D eigenvalue weighted by molar-refractivity contribution is 7.89. The summed E-state index contributed by atoms with van der Waals surface area (Å²) in [6.45, 7) is 6.29. The first-order valence-electron chi connectivity index (χ1n) is 14.2.